The third-order valence-corrected chi connectivity index (χ3v) is 5.90. The van der Waals surface area contributed by atoms with Crippen LogP contribution in [0.2, 0.25) is 5.02 Å². The van der Waals surface area contributed by atoms with Crippen molar-refractivity contribution in [2.75, 3.05) is 4.90 Å². The van der Waals surface area contributed by atoms with Crippen molar-refractivity contribution in [3.8, 4) is 5.75 Å². The summed E-state index contributed by atoms with van der Waals surface area (Å²) in [7, 11) is 0. The number of urea groups is 1. The predicted molar refractivity (Wildman–Crippen MR) is 132 cm³/mol. The Bertz CT molecular complexity index is 1390. The molecule has 0 aromatic heterocycles. The number of benzene rings is 3. The topological polar surface area (TPSA) is 119 Å². The maximum Gasteiger partial charge on any atom is 0.335 e. The molecule has 1 N–H and O–H groups in total. The van der Waals surface area contributed by atoms with Crippen LogP contribution in [0.5, 0.6) is 5.75 Å². The molecular formula is C24H15BrClN3O6. The fourth-order valence-electron chi connectivity index (χ4n) is 3.31. The van der Waals surface area contributed by atoms with Gasteiger partial charge < -0.3 is 4.74 Å². The number of hydrogen-bond acceptors (Lipinski definition) is 6. The predicted octanol–water partition coefficient (Wildman–Crippen LogP) is 5.26. The average Bonchev–Trinajstić information content (AvgIpc) is 2.82. The van der Waals surface area contributed by atoms with E-state index in [0.29, 0.717) is 20.8 Å². The minimum Gasteiger partial charge on any atom is -0.488 e. The number of nitrogens with zero attached hydrogens (tertiary/aromatic N) is 2. The number of amides is 4. The van der Waals surface area contributed by atoms with E-state index in [4.69, 9.17) is 16.3 Å². The lowest BCUT2D eigenvalue weighted by Gasteiger charge is -2.26. The first-order chi connectivity index (χ1) is 16.7. The van der Waals surface area contributed by atoms with Gasteiger partial charge >= 0.3 is 6.03 Å². The molecule has 4 amide bonds. The molecule has 3 aromatic carbocycles. The largest absolute Gasteiger partial charge is 0.488 e. The van der Waals surface area contributed by atoms with Gasteiger partial charge in [-0.25, -0.2) is 9.69 Å². The van der Waals surface area contributed by atoms with Crippen molar-refractivity contribution in [2.24, 2.45) is 0 Å². The van der Waals surface area contributed by atoms with Gasteiger partial charge in [0.25, 0.3) is 17.5 Å². The molecule has 35 heavy (non-hydrogen) atoms. The lowest BCUT2D eigenvalue weighted by atomic mass is 10.1. The highest BCUT2D eigenvalue weighted by Crippen LogP contribution is 2.29. The van der Waals surface area contributed by atoms with Crippen molar-refractivity contribution in [2.45, 2.75) is 6.61 Å². The van der Waals surface area contributed by atoms with Crippen molar-refractivity contribution in [1.82, 2.24) is 5.32 Å². The van der Waals surface area contributed by atoms with E-state index in [1.807, 2.05) is 12.1 Å². The zero-order chi connectivity index (χ0) is 25.1. The van der Waals surface area contributed by atoms with Crippen molar-refractivity contribution in [3.05, 3.63) is 103 Å². The van der Waals surface area contributed by atoms with Crippen LogP contribution in [0, 0.1) is 10.1 Å². The second kappa shape index (κ2) is 10.1. The fraction of sp³-hybridized carbons (Fsp3) is 0.0417. The summed E-state index contributed by atoms with van der Waals surface area (Å²) >= 11 is 9.56. The van der Waals surface area contributed by atoms with Crippen LogP contribution in [-0.2, 0) is 16.2 Å². The Morgan fingerprint density at radius 2 is 1.77 bits per heavy atom. The van der Waals surface area contributed by atoms with Crippen LogP contribution in [-0.4, -0.2) is 22.8 Å². The number of nitro benzene ring substituents is 1. The summed E-state index contributed by atoms with van der Waals surface area (Å²) in [5.41, 5.74) is 0.699. The monoisotopic (exact) mass is 555 g/mol. The Balaban J connectivity index is 1.67. The molecular weight excluding hydrogens is 542 g/mol. The molecule has 0 bridgehead atoms. The SMILES string of the molecule is O=C1NC(=O)N(c2ccc([N+](=O)[O-])cc2)C(=O)/C1=C/c1cc(Br)ccc1OCc1ccccc1Cl. The summed E-state index contributed by atoms with van der Waals surface area (Å²) in [5.74, 6) is -1.39. The van der Waals surface area contributed by atoms with Gasteiger partial charge in [-0.3, -0.25) is 25.0 Å². The van der Waals surface area contributed by atoms with Gasteiger partial charge in [0.15, 0.2) is 0 Å². The third kappa shape index (κ3) is 5.23. The Morgan fingerprint density at radius 1 is 1.06 bits per heavy atom. The molecule has 4 rings (SSSR count). The lowest BCUT2D eigenvalue weighted by molar-refractivity contribution is -0.384. The maximum absolute atomic E-state index is 13.2. The lowest BCUT2D eigenvalue weighted by Crippen LogP contribution is -2.54. The molecule has 0 saturated carbocycles. The molecule has 0 spiro atoms. The normalized spacial score (nSPS) is 14.7. The van der Waals surface area contributed by atoms with Gasteiger partial charge in [0.1, 0.15) is 17.9 Å². The molecule has 1 fully saturated rings. The highest BCUT2D eigenvalue weighted by atomic mass is 79.9. The van der Waals surface area contributed by atoms with Gasteiger partial charge in [-0.1, -0.05) is 45.7 Å². The Labute approximate surface area is 212 Å². The standard InChI is InChI=1S/C24H15BrClN3O6/c25-16-5-10-21(35-13-14-3-1-2-4-20(14)26)15(11-16)12-19-22(30)27-24(32)28(23(19)31)17-6-8-18(9-7-17)29(33)34/h1-12H,13H2,(H,27,30,32)/b19-12+. The Morgan fingerprint density at radius 3 is 2.46 bits per heavy atom. The number of carbonyl (C=O) groups excluding carboxylic acids is 3. The van der Waals surface area contributed by atoms with Crippen LogP contribution in [0.15, 0.2) is 76.8 Å². The number of non-ortho nitro benzene ring substituents is 1. The molecule has 1 aliphatic heterocycles. The summed E-state index contributed by atoms with van der Waals surface area (Å²) in [6, 6.07) is 16.1. The van der Waals surface area contributed by atoms with Gasteiger partial charge in [-0.15, -0.1) is 0 Å². The van der Waals surface area contributed by atoms with E-state index in [1.54, 1.807) is 30.3 Å². The molecule has 11 heteroatoms. The van der Waals surface area contributed by atoms with E-state index in [2.05, 4.69) is 21.2 Å². The molecule has 9 nitrogen and oxygen atoms in total. The van der Waals surface area contributed by atoms with Crippen molar-refractivity contribution in [1.29, 1.82) is 0 Å². The summed E-state index contributed by atoms with van der Waals surface area (Å²) in [6.07, 6.45) is 1.31. The van der Waals surface area contributed by atoms with E-state index < -0.39 is 22.8 Å². The fourth-order valence-corrected chi connectivity index (χ4v) is 3.87. The zero-order valence-electron chi connectivity index (χ0n) is 17.7. The first-order valence-corrected chi connectivity index (χ1v) is 11.2. The summed E-state index contributed by atoms with van der Waals surface area (Å²) in [6.45, 7) is 0.144. The molecule has 0 aliphatic carbocycles. The molecule has 1 aliphatic rings. The summed E-state index contributed by atoms with van der Waals surface area (Å²) in [5, 5.41) is 13.6. The first-order valence-electron chi connectivity index (χ1n) is 10.1. The second-order valence-corrected chi connectivity index (χ2v) is 8.62. The zero-order valence-corrected chi connectivity index (χ0v) is 20.1. The molecule has 176 valence electrons. The van der Waals surface area contributed by atoms with Crippen LogP contribution >= 0.6 is 27.5 Å². The van der Waals surface area contributed by atoms with Gasteiger partial charge in [-0.2, -0.15) is 0 Å². The highest BCUT2D eigenvalue weighted by molar-refractivity contribution is 9.10. The van der Waals surface area contributed by atoms with E-state index in [-0.39, 0.29) is 23.6 Å². The van der Waals surface area contributed by atoms with Crippen LogP contribution in [0.25, 0.3) is 6.08 Å². The first kappa shape index (κ1) is 24.1. The van der Waals surface area contributed by atoms with Crippen LogP contribution in [0.4, 0.5) is 16.2 Å². The minimum atomic E-state index is -0.963. The Hall–Kier alpha value is -4.02. The summed E-state index contributed by atoms with van der Waals surface area (Å²) < 4.78 is 6.57. The number of imide groups is 2. The van der Waals surface area contributed by atoms with Crippen LogP contribution in [0.3, 0.4) is 0 Å². The van der Waals surface area contributed by atoms with Gasteiger partial charge in [-0.05, 0) is 42.5 Å². The number of barbiturate groups is 1. The van der Waals surface area contributed by atoms with Gasteiger partial charge in [0.2, 0.25) is 0 Å². The molecule has 0 atom stereocenters. The highest BCUT2D eigenvalue weighted by Gasteiger charge is 2.37. The third-order valence-electron chi connectivity index (χ3n) is 5.03. The molecule has 0 unspecified atom stereocenters. The molecule has 1 heterocycles. The van der Waals surface area contributed by atoms with Gasteiger partial charge in [0, 0.05) is 32.8 Å². The number of rotatable bonds is 6. The summed E-state index contributed by atoms with van der Waals surface area (Å²) in [4.78, 5) is 49.2. The number of nitro groups is 1. The second-order valence-electron chi connectivity index (χ2n) is 7.29. The maximum atomic E-state index is 13.2. The van der Waals surface area contributed by atoms with E-state index >= 15 is 0 Å². The molecule has 3 aromatic rings. The van der Waals surface area contributed by atoms with Crippen LogP contribution in [0.1, 0.15) is 11.1 Å². The number of nitrogens with one attached hydrogen (secondary N) is 1. The minimum absolute atomic E-state index is 0.0703. The van der Waals surface area contributed by atoms with E-state index in [0.717, 1.165) is 22.6 Å². The number of halogens is 2. The van der Waals surface area contributed by atoms with Crippen molar-refractivity contribution < 1.29 is 24.0 Å². The van der Waals surface area contributed by atoms with Crippen molar-refractivity contribution >= 4 is 62.8 Å². The van der Waals surface area contributed by atoms with Crippen molar-refractivity contribution in [3.63, 3.8) is 0 Å². The number of ether oxygens (including phenoxy) is 1. The van der Waals surface area contributed by atoms with E-state index in [9.17, 15) is 24.5 Å². The quantitative estimate of drug-likeness (QED) is 0.192. The molecule has 0 radical (unpaired) electrons. The number of anilines is 1. The van der Waals surface area contributed by atoms with E-state index in [1.165, 1.54) is 18.2 Å². The number of hydrogen-bond donors (Lipinski definition) is 1. The Kier molecular flexibility index (Phi) is 6.94. The molecule has 1 saturated heterocycles. The number of carbonyl (C=O) groups is 3. The van der Waals surface area contributed by atoms with Crippen LogP contribution < -0.4 is 15.0 Å². The smallest absolute Gasteiger partial charge is 0.335 e. The average molecular weight is 557 g/mol. The van der Waals surface area contributed by atoms with Gasteiger partial charge in [0.05, 0.1) is 10.6 Å².